The summed E-state index contributed by atoms with van der Waals surface area (Å²) in [5.41, 5.74) is 6.17. The van der Waals surface area contributed by atoms with E-state index in [9.17, 15) is 0 Å². The zero-order valence-electron chi connectivity index (χ0n) is 14.4. The van der Waals surface area contributed by atoms with Crippen molar-refractivity contribution >= 4 is 17.6 Å². The third-order valence-corrected chi connectivity index (χ3v) is 4.41. The molecule has 0 unspecified atom stereocenters. The lowest BCUT2D eigenvalue weighted by Crippen LogP contribution is -2.11. The number of anilines is 1. The molecule has 2 aromatic carbocycles. The van der Waals surface area contributed by atoms with Crippen LogP contribution in [0.3, 0.4) is 0 Å². The molecular weight excluding hydrogens is 292 g/mol. The van der Waals surface area contributed by atoms with Gasteiger partial charge in [-0.3, -0.25) is 4.99 Å². The number of rotatable bonds is 4. The maximum absolute atomic E-state index is 4.64. The first kappa shape index (κ1) is 16.3. The van der Waals surface area contributed by atoms with Crippen LogP contribution in [0.15, 0.2) is 88.6 Å². The van der Waals surface area contributed by atoms with E-state index in [1.807, 2.05) is 54.7 Å². The van der Waals surface area contributed by atoms with E-state index in [2.05, 4.69) is 42.5 Å². The number of hydrogen-bond acceptors (Lipinski definition) is 2. The number of para-hydroxylation sites is 2. The van der Waals surface area contributed by atoms with Crippen molar-refractivity contribution in [2.24, 2.45) is 10.9 Å². The van der Waals surface area contributed by atoms with Crippen molar-refractivity contribution in [1.82, 2.24) is 0 Å². The second-order valence-corrected chi connectivity index (χ2v) is 6.44. The van der Waals surface area contributed by atoms with Crippen LogP contribution in [0.5, 0.6) is 0 Å². The first-order valence-electron chi connectivity index (χ1n) is 8.52. The Bertz CT molecular complexity index is 755. The summed E-state index contributed by atoms with van der Waals surface area (Å²) >= 11 is 0. The van der Waals surface area contributed by atoms with Gasteiger partial charge in [0.1, 0.15) is 0 Å². The second-order valence-electron chi connectivity index (χ2n) is 6.44. The van der Waals surface area contributed by atoms with E-state index in [1.165, 1.54) is 16.7 Å². The predicted octanol–water partition coefficient (Wildman–Crippen LogP) is 6.13. The number of hydrogen-bond donors (Lipinski definition) is 1. The summed E-state index contributed by atoms with van der Waals surface area (Å²) in [7, 11) is 0. The lowest BCUT2D eigenvalue weighted by molar-refractivity contribution is 0.562. The highest BCUT2D eigenvalue weighted by Gasteiger charge is 2.18. The number of benzene rings is 2. The molecule has 0 fully saturated rings. The normalized spacial score (nSPS) is 19.9. The molecule has 2 heteroatoms. The molecule has 0 heterocycles. The van der Waals surface area contributed by atoms with Crippen molar-refractivity contribution < 1.29 is 0 Å². The van der Waals surface area contributed by atoms with Gasteiger partial charge in [0.2, 0.25) is 0 Å². The Kier molecular flexibility index (Phi) is 5.27. The van der Waals surface area contributed by atoms with Crippen LogP contribution < -0.4 is 5.32 Å². The molecule has 122 valence electrons. The molecule has 3 rings (SSSR count). The maximum atomic E-state index is 4.64. The highest BCUT2D eigenvalue weighted by Crippen LogP contribution is 2.32. The molecule has 0 bridgehead atoms. The number of nitrogens with zero attached hydrogens (tertiary/aromatic N) is 1. The summed E-state index contributed by atoms with van der Waals surface area (Å²) in [6.45, 7) is 4.51. The predicted molar refractivity (Wildman–Crippen MR) is 104 cm³/mol. The van der Waals surface area contributed by atoms with Gasteiger partial charge in [-0.25, -0.2) is 0 Å². The van der Waals surface area contributed by atoms with Crippen LogP contribution >= 0.6 is 0 Å². The Morgan fingerprint density at radius 2 is 1.62 bits per heavy atom. The van der Waals surface area contributed by atoms with Crippen molar-refractivity contribution in [2.75, 3.05) is 5.32 Å². The van der Waals surface area contributed by atoms with Crippen LogP contribution in [0.1, 0.15) is 26.7 Å². The molecule has 1 atom stereocenters. The van der Waals surface area contributed by atoms with Crippen LogP contribution in [0.4, 0.5) is 11.4 Å². The van der Waals surface area contributed by atoms with E-state index < -0.39 is 0 Å². The fourth-order valence-electron chi connectivity index (χ4n) is 3.02. The summed E-state index contributed by atoms with van der Waals surface area (Å²) in [5, 5.41) is 3.42. The zero-order valence-corrected chi connectivity index (χ0v) is 14.4. The molecule has 0 aliphatic heterocycles. The molecule has 0 spiro atoms. The number of nitrogens with one attached hydrogen (secondary N) is 1. The van der Waals surface area contributed by atoms with Gasteiger partial charge in [0.15, 0.2) is 0 Å². The highest BCUT2D eigenvalue weighted by molar-refractivity contribution is 5.83. The Balaban J connectivity index is 1.81. The molecule has 0 aromatic heterocycles. The fourth-order valence-corrected chi connectivity index (χ4v) is 3.02. The first-order chi connectivity index (χ1) is 11.7. The average molecular weight is 316 g/mol. The standard InChI is InChI=1S/C22H24N2/c1-17-13-19(15-23-21-9-5-3-6-10-21)18(2)20(14-17)16-24-22-11-7-4-8-12-22/h3-12,15-17,23H,13-14H2,1-2H3/b19-15+,24-16?/t17-/m0/s1. The van der Waals surface area contributed by atoms with Crippen molar-refractivity contribution in [1.29, 1.82) is 0 Å². The molecule has 1 aliphatic carbocycles. The molecule has 0 amide bonds. The average Bonchev–Trinajstić information content (AvgIpc) is 2.62. The van der Waals surface area contributed by atoms with Gasteiger partial charge in [0.25, 0.3) is 0 Å². The zero-order chi connectivity index (χ0) is 16.8. The number of aliphatic imine (C=N–C) groups is 1. The molecular formula is C22H24N2. The van der Waals surface area contributed by atoms with Gasteiger partial charge in [0, 0.05) is 18.1 Å². The fraction of sp³-hybridized carbons (Fsp3) is 0.227. The third kappa shape index (κ3) is 4.23. The number of allylic oxidation sites excluding steroid dienone is 3. The largest absolute Gasteiger partial charge is 0.361 e. The van der Waals surface area contributed by atoms with Crippen molar-refractivity contribution in [3.63, 3.8) is 0 Å². The molecule has 1 N–H and O–H groups in total. The molecule has 0 saturated heterocycles. The third-order valence-electron chi connectivity index (χ3n) is 4.41. The van der Waals surface area contributed by atoms with Crippen LogP contribution in [0, 0.1) is 5.92 Å². The molecule has 24 heavy (non-hydrogen) atoms. The van der Waals surface area contributed by atoms with Crippen LogP contribution in [0.2, 0.25) is 0 Å². The first-order valence-corrected chi connectivity index (χ1v) is 8.52. The lowest BCUT2D eigenvalue weighted by atomic mass is 9.82. The van der Waals surface area contributed by atoms with Gasteiger partial charge in [-0.05, 0) is 66.7 Å². The maximum Gasteiger partial charge on any atom is 0.0629 e. The van der Waals surface area contributed by atoms with Gasteiger partial charge >= 0.3 is 0 Å². The van der Waals surface area contributed by atoms with Gasteiger partial charge in [-0.15, -0.1) is 0 Å². The molecule has 0 radical (unpaired) electrons. The minimum atomic E-state index is 0.634. The molecule has 2 aromatic rings. The quantitative estimate of drug-likeness (QED) is 0.674. The van der Waals surface area contributed by atoms with E-state index in [0.29, 0.717) is 5.92 Å². The molecule has 2 nitrogen and oxygen atoms in total. The van der Waals surface area contributed by atoms with Crippen molar-refractivity contribution in [3.05, 3.63) is 83.6 Å². The SMILES string of the molecule is CC1=C(C=Nc2ccccc2)C[C@@H](C)C/C1=C\Nc1ccccc1. The van der Waals surface area contributed by atoms with Gasteiger partial charge in [0.05, 0.1) is 5.69 Å². The Morgan fingerprint density at radius 1 is 0.958 bits per heavy atom. The van der Waals surface area contributed by atoms with Gasteiger partial charge in [-0.1, -0.05) is 43.3 Å². The summed E-state index contributed by atoms with van der Waals surface area (Å²) in [6.07, 6.45) is 6.38. The molecule has 1 aliphatic rings. The van der Waals surface area contributed by atoms with E-state index in [4.69, 9.17) is 0 Å². The van der Waals surface area contributed by atoms with Crippen LogP contribution in [0.25, 0.3) is 0 Å². The minimum absolute atomic E-state index is 0.634. The van der Waals surface area contributed by atoms with Crippen molar-refractivity contribution in [2.45, 2.75) is 26.7 Å². The van der Waals surface area contributed by atoms with E-state index in [-0.39, 0.29) is 0 Å². The van der Waals surface area contributed by atoms with Crippen LogP contribution in [-0.4, -0.2) is 6.21 Å². The summed E-state index contributed by atoms with van der Waals surface area (Å²) < 4.78 is 0. The Morgan fingerprint density at radius 3 is 2.33 bits per heavy atom. The lowest BCUT2D eigenvalue weighted by Gasteiger charge is -2.24. The second kappa shape index (κ2) is 7.78. The van der Waals surface area contributed by atoms with E-state index >= 15 is 0 Å². The summed E-state index contributed by atoms with van der Waals surface area (Å²) in [4.78, 5) is 4.64. The Labute approximate surface area is 144 Å². The van der Waals surface area contributed by atoms with Gasteiger partial charge in [-0.2, -0.15) is 0 Å². The molecule has 0 saturated carbocycles. The van der Waals surface area contributed by atoms with Gasteiger partial charge < -0.3 is 5.32 Å². The Hall–Kier alpha value is -2.61. The van der Waals surface area contributed by atoms with E-state index in [0.717, 1.165) is 24.2 Å². The summed E-state index contributed by atoms with van der Waals surface area (Å²) in [6, 6.07) is 20.4. The van der Waals surface area contributed by atoms with Crippen molar-refractivity contribution in [3.8, 4) is 0 Å². The van der Waals surface area contributed by atoms with Crippen LogP contribution in [-0.2, 0) is 0 Å². The van der Waals surface area contributed by atoms with E-state index in [1.54, 1.807) is 0 Å². The topological polar surface area (TPSA) is 24.4 Å². The summed E-state index contributed by atoms with van der Waals surface area (Å²) in [5.74, 6) is 0.634. The highest BCUT2D eigenvalue weighted by atomic mass is 14.8. The monoisotopic (exact) mass is 316 g/mol. The smallest absolute Gasteiger partial charge is 0.0629 e. The minimum Gasteiger partial charge on any atom is -0.361 e.